The molecule has 0 aliphatic carbocycles. The largest absolute Gasteiger partial charge is 0.481 e. The third-order valence-electron chi connectivity index (χ3n) is 3.18. The van der Waals surface area contributed by atoms with E-state index in [9.17, 15) is 13.6 Å². The van der Waals surface area contributed by atoms with Gasteiger partial charge in [-0.05, 0) is 38.0 Å². The van der Waals surface area contributed by atoms with Gasteiger partial charge in [-0.15, -0.1) is 0 Å². The summed E-state index contributed by atoms with van der Waals surface area (Å²) in [4.78, 5) is 10.6. The zero-order valence-corrected chi connectivity index (χ0v) is 11.2. The molecular weight excluding hydrogens is 266 g/mol. The van der Waals surface area contributed by atoms with E-state index in [0.29, 0.717) is 17.8 Å². The van der Waals surface area contributed by atoms with Gasteiger partial charge in [0.1, 0.15) is 0 Å². The quantitative estimate of drug-likeness (QED) is 0.937. The Morgan fingerprint density at radius 3 is 2.60 bits per heavy atom. The van der Waals surface area contributed by atoms with Crippen LogP contribution in [0.3, 0.4) is 0 Å². The Bertz CT molecular complexity index is 665. The Morgan fingerprint density at radius 1 is 1.30 bits per heavy atom. The van der Waals surface area contributed by atoms with Crippen LogP contribution in [0.4, 0.5) is 8.78 Å². The van der Waals surface area contributed by atoms with E-state index in [-0.39, 0.29) is 6.42 Å². The first-order chi connectivity index (χ1) is 9.40. The van der Waals surface area contributed by atoms with Gasteiger partial charge in [0.15, 0.2) is 11.6 Å². The highest BCUT2D eigenvalue weighted by Gasteiger charge is 2.15. The topological polar surface area (TPSA) is 55.1 Å². The lowest BCUT2D eigenvalue weighted by molar-refractivity contribution is -0.136. The van der Waals surface area contributed by atoms with Crippen LogP contribution >= 0.6 is 0 Å². The lowest BCUT2D eigenvalue weighted by Crippen LogP contribution is -2.02. The number of nitrogens with zero attached hydrogens (tertiary/aromatic N) is 2. The Labute approximate surface area is 114 Å². The highest BCUT2D eigenvalue weighted by molar-refractivity contribution is 5.67. The van der Waals surface area contributed by atoms with Crippen LogP contribution in [0.25, 0.3) is 5.69 Å². The first kappa shape index (κ1) is 14.2. The normalized spacial score (nSPS) is 10.8. The second-order valence-electron chi connectivity index (χ2n) is 4.55. The summed E-state index contributed by atoms with van der Waals surface area (Å²) in [6, 6.07) is 3.53. The van der Waals surface area contributed by atoms with Crippen LogP contribution in [-0.4, -0.2) is 20.9 Å². The van der Waals surface area contributed by atoms with Crippen LogP contribution in [0.15, 0.2) is 18.2 Å². The van der Waals surface area contributed by atoms with E-state index in [1.54, 1.807) is 13.8 Å². The fourth-order valence-electron chi connectivity index (χ4n) is 2.14. The van der Waals surface area contributed by atoms with Crippen molar-refractivity contribution in [2.45, 2.75) is 26.7 Å². The number of aromatic nitrogens is 2. The fraction of sp³-hybridized carbons (Fsp3) is 0.286. The second kappa shape index (κ2) is 5.40. The van der Waals surface area contributed by atoms with Gasteiger partial charge in [0.25, 0.3) is 0 Å². The number of carboxylic acids is 1. The molecule has 0 unspecified atom stereocenters. The molecule has 1 heterocycles. The highest BCUT2D eigenvalue weighted by atomic mass is 19.2. The van der Waals surface area contributed by atoms with E-state index in [1.165, 1.54) is 10.7 Å². The molecule has 0 saturated heterocycles. The number of hydrogen-bond acceptors (Lipinski definition) is 2. The molecule has 0 fully saturated rings. The zero-order valence-electron chi connectivity index (χ0n) is 11.2. The number of carboxylic acid groups (broad SMARTS) is 1. The van der Waals surface area contributed by atoms with Gasteiger partial charge in [-0.2, -0.15) is 5.10 Å². The van der Waals surface area contributed by atoms with Gasteiger partial charge in [-0.3, -0.25) is 4.79 Å². The molecule has 0 amide bonds. The number of carbonyl (C=O) groups is 1. The van der Waals surface area contributed by atoms with Gasteiger partial charge in [0, 0.05) is 18.2 Å². The molecule has 0 atom stereocenters. The van der Waals surface area contributed by atoms with Crippen molar-refractivity contribution < 1.29 is 18.7 Å². The molecule has 0 saturated carbocycles. The minimum atomic E-state index is -0.942. The van der Waals surface area contributed by atoms with Crippen molar-refractivity contribution >= 4 is 5.97 Å². The lowest BCUT2D eigenvalue weighted by atomic mass is 10.1. The molecule has 1 N–H and O–H groups in total. The van der Waals surface area contributed by atoms with Crippen LogP contribution in [-0.2, 0) is 11.2 Å². The van der Waals surface area contributed by atoms with E-state index in [0.717, 1.165) is 23.4 Å². The molecule has 6 heteroatoms. The minimum absolute atomic E-state index is 0.00511. The summed E-state index contributed by atoms with van der Waals surface area (Å²) in [6.07, 6.45) is 0.363. The maximum atomic E-state index is 13.3. The van der Waals surface area contributed by atoms with Gasteiger partial charge in [-0.1, -0.05) is 0 Å². The summed E-state index contributed by atoms with van der Waals surface area (Å²) in [5.41, 5.74) is 2.64. The average Bonchev–Trinajstić information content (AvgIpc) is 2.66. The molecule has 0 aliphatic heterocycles. The minimum Gasteiger partial charge on any atom is -0.481 e. The highest BCUT2D eigenvalue weighted by Crippen LogP contribution is 2.20. The van der Waals surface area contributed by atoms with Crippen LogP contribution < -0.4 is 0 Å². The zero-order chi connectivity index (χ0) is 14.9. The fourth-order valence-corrected chi connectivity index (χ4v) is 2.14. The molecule has 1 aromatic carbocycles. The lowest BCUT2D eigenvalue weighted by Gasteiger charge is -2.05. The van der Waals surface area contributed by atoms with Crippen molar-refractivity contribution in [3.63, 3.8) is 0 Å². The first-order valence-corrected chi connectivity index (χ1v) is 6.12. The van der Waals surface area contributed by atoms with Gasteiger partial charge in [0.2, 0.25) is 0 Å². The molecular formula is C14H14F2N2O2. The molecule has 0 spiro atoms. The van der Waals surface area contributed by atoms with Crippen molar-refractivity contribution in [2.75, 3.05) is 0 Å². The van der Waals surface area contributed by atoms with E-state index < -0.39 is 17.6 Å². The summed E-state index contributed by atoms with van der Waals surface area (Å²) >= 11 is 0. The summed E-state index contributed by atoms with van der Waals surface area (Å²) in [5, 5.41) is 13.0. The van der Waals surface area contributed by atoms with Gasteiger partial charge in [0.05, 0.1) is 11.4 Å². The molecule has 4 nitrogen and oxygen atoms in total. The molecule has 0 bridgehead atoms. The van der Waals surface area contributed by atoms with Gasteiger partial charge in [-0.25, -0.2) is 13.5 Å². The summed E-state index contributed by atoms with van der Waals surface area (Å²) in [6.45, 7) is 3.54. The number of aliphatic carboxylic acids is 1. The average molecular weight is 280 g/mol. The maximum absolute atomic E-state index is 13.3. The molecule has 1 aromatic heterocycles. The second-order valence-corrected chi connectivity index (χ2v) is 4.55. The number of aryl methyl sites for hydroxylation is 1. The van der Waals surface area contributed by atoms with Crippen LogP contribution in [0.5, 0.6) is 0 Å². The molecule has 2 aromatic rings. The number of benzene rings is 1. The molecule has 0 radical (unpaired) electrons. The Balaban J connectivity index is 2.40. The Hall–Kier alpha value is -2.24. The Kier molecular flexibility index (Phi) is 3.83. The SMILES string of the molecule is Cc1nn(-c2ccc(F)c(F)c2)c(C)c1CCC(=O)O. The number of rotatable bonds is 4. The smallest absolute Gasteiger partial charge is 0.303 e. The van der Waals surface area contributed by atoms with E-state index >= 15 is 0 Å². The predicted octanol–water partition coefficient (Wildman–Crippen LogP) is 2.78. The van der Waals surface area contributed by atoms with Crippen molar-refractivity contribution in [1.82, 2.24) is 9.78 Å². The molecule has 106 valence electrons. The predicted molar refractivity (Wildman–Crippen MR) is 68.9 cm³/mol. The molecule has 0 aliphatic rings. The summed E-state index contributed by atoms with van der Waals surface area (Å²) < 4.78 is 27.7. The van der Waals surface area contributed by atoms with Crippen molar-refractivity contribution in [1.29, 1.82) is 0 Å². The molecule has 2 rings (SSSR count). The summed E-state index contributed by atoms with van der Waals surface area (Å²) in [7, 11) is 0. The summed E-state index contributed by atoms with van der Waals surface area (Å²) in [5.74, 6) is -2.74. The van der Waals surface area contributed by atoms with E-state index in [2.05, 4.69) is 5.10 Å². The number of halogens is 2. The third-order valence-corrected chi connectivity index (χ3v) is 3.18. The maximum Gasteiger partial charge on any atom is 0.303 e. The number of hydrogen-bond donors (Lipinski definition) is 1. The van der Waals surface area contributed by atoms with Crippen LogP contribution in [0.2, 0.25) is 0 Å². The van der Waals surface area contributed by atoms with Gasteiger partial charge >= 0.3 is 5.97 Å². The first-order valence-electron chi connectivity index (χ1n) is 6.12. The third kappa shape index (κ3) is 2.68. The monoisotopic (exact) mass is 280 g/mol. The van der Waals surface area contributed by atoms with Crippen LogP contribution in [0, 0.1) is 25.5 Å². The van der Waals surface area contributed by atoms with Crippen molar-refractivity contribution in [3.8, 4) is 5.69 Å². The van der Waals surface area contributed by atoms with Crippen molar-refractivity contribution in [2.24, 2.45) is 0 Å². The molecule has 20 heavy (non-hydrogen) atoms. The van der Waals surface area contributed by atoms with Crippen LogP contribution in [0.1, 0.15) is 23.4 Å². The standard InChI is InChI=1S/C14H14F2N2O2/c1-8-11(4-6-14(19)20)9(2)18(17-8)10-3-5-12(15)13(16)7-10/h3,5,7H,4,6H2,1-2H3,(H,19,20). The Morgan fingerprint density at radius 2 is 2.00 bits per heavy atom. The van der Waals surface area contributed by atoms with E-state index in [4.69, 9.17) is 5.11 Å². The van der Waals surface area contributed by atoms with Crippen molar-refractivity contribution in [3.05, 3.63) is 46.8 Å². The van der Waals surface area contributed by atoms with Gasteiger partial charge < -0.3 is 5.11 Å². The van der Waals surface area contributed by atoms with E-state index in [1.807, 2.05) is 0 Å².